The third-order valence-electron chi connectivity index (χ3n) is 4.08. The lowest BCUT2D eigenvalue weighted by molar-refractivity contribution is 0.103. The van der Waals surface area contributed by atoms with Gasteiger partial charge < -0.3 is 5.32 Å². The molecular weight excluding hydrogens is 324 g/mol. The summed E-state index contributed by atoms with van der Waals surface area (Å²) in [7, 11) is -3.75. The normalized spacial score (nSPS) is 18.2. The highest BCUT2D eigenvalue weighted by atomic mass is 32.2. The number of carbonyl (C=O) groups is 1. The van der Waals surface area contributed by atoms with E-state index in [1.807, 2.05) is 6.07 Å². The van der Waals surface area contributed by atoms with Crippen LogP contribution in [0.3, 0.4) is 0 Å². The molecule has 0 bridgehead atoms. The van der Waals surface area contributed by atoms with Gasteiger partial charge in [-0.3, -0.25) is 4.79 Å². The molecule has 126 valence electrons. The molecule has 0 amide bonds. The van der Waals surface area contributed by atoms with Gasteiger partial charge in [-0.1, -0.05) is 42.5 Å². The largest absolute Gasteiger partial charge is 0.315 e. The second kappa shape index (κ2) is 7.25. The SMILES string of the molecule is O=C(c1ccccc1)c1ccccc1S(=O)(=O)NC1CCCNC1. The first-order chi connectivity index (χ1) is 11.6. The molecule has 2 aromatic rings. The Hall–Kier alpha value is -2.02. The first kappa shape index (κ1) is 16.8. The molecule has 5 nitrogen and oxygen atoms in total. The number of hydrogen-bond donors (Lipinski definition) is 2. The predicted molar refractivity (Wildman–Crippen MR) is 92.5 cm³/mol. The van der Waals surface area contributed by atoms with Crippen LogP contribution in [-0.2, 0) is 10.0 Å². The maximum Gasteiger partial charge on any atom is 0.241 e. The van der Waals surface area contributed by atoms with Gasteiger partial charge >= 0.3 is 0 Å². The number of sulfonamides is 1. The third kappa shape index (κ3) is 3.72. The van der Waals surface area contributed by atoms with Crippen molar-refractivity contribution in [2.45, 2.75) is 23.8 Å². The molecule has 1 fully saturated rings. The number of ketones is 1. The lowest BCUT2D eigenvalue weighted by atomic mass is 10.0. The first-order valence-corrected chi connectivity index (χ1v) is 9.48. The molecule has 0 aromatic heterocycles. The van der Waals surface area contributed by atoms with Gasteiger partial charge in [0.25, 0.3) is 0 Å². The van der Waals surface area contributed by atoms with Gasteiger partial charge in [-0.05, 0) is 31.5 Å². The second-order valence-corrected chi connectivity index (χ2v) is 7.54. The maximum absolute atomic E-state index is 12.8. The zero-order valence-corrected chi connectivity index (χ0v) is 14.1. The number of benzene rings is 2. The van der Waals surface area contributed by atoms with Gasteiger partial charge in [-0.25, -0.2) is 13.1 Å². The van der Waals surface area contributed by atoms with E-state index < -0.39 is 10.0 Å². The Morgan fingerprint density at radius 1 is 1.04 bits per heavy atom. The molecule has 1 aliphatic heterocycles. The Morgan fingerprint density at radius 2 is 1.75 bits per heavy atom. The second-order valence-electron chi connectivity index (χ2n) is 5.86. The lowest BCUT2D eigenvalue weighted by Crippen LogP contribution is -2.45. The van der Waals surface area contributed by atoms with E-state index in [0.717, 1.165) is 19.4 Å². The summed E-state index contributed by atoms with van der Waals surface area (Å²) in [5.41, 5.74) is 0.666. The van der Waals surface area contributed by atoms with E-state index in [1.54, 1.807) is 42.5 Å². The number of rotatable bonds is 5. The van der Waals surface area contributed by atoms with Gasteiger partial charge in [-0.2, -0.15) is 0 Å². The van der Waals surface area contributed by atoms with Crippen molar-refractivity contribution in [1.29, 1.82) is 0 Å². The number of carbonyl (C=O) groups excluding carboxylic acids is 1. The minimum absolute atomic E-state index is 0.0319. The monoisotopic (exact) mass is 344 g/mol. The topological polar surface area (TPSA) is 75.3 Å². The molecule has 1 atom stereocenters. The van der Waals surface area contributed by atoms with Crippen LogP contribution < -0.4 is 10.0 Å². The van der Waals surface area contributed by atoms with Crippen LogP contribution in [-0.4, -0.2) is 33.3 Å². The fourth-order valence-corrected chi connectivity index (χ4v) is 4.34. The molecule has 0 radical (unpaired) electrons. The highest BCUT2D eigenvalue weighted by Gasteiger charge is 2.26. The van der Waals surface area contributed by atoms with Gasteiger partial charge in [0.05, 0.1) is 4.90 Å². The first-order valence-electron chi connectivity index (χ1n) is 8.00. The molecular formula is C18H20N2O3S. The highest BCUT2D eigenvalue weighted by Crippen LogP contribution is 2.20. The Morgan fingerprint density at radius 3 is 2.46 bits per heavy atom. The van der Waals surface area contributed by atoms with Crippen molar-refractivity contribution < 1.29 is 13.2 Å². The van der Waals surface area contributed by atoms with Crippen LogP contribution in [0.4, 0.5) is 0 Å². The van der Waals surface area contributed by atoms with Gasteiger partial charge in [0, 0.05) is 23.7 Å². The van der Waals surface area contributed by atoms with Crippen LogP contribution in [0, 0.1) is 0 Å². The molecule has 1 saturated heterocycles. The van der Waals surface area contributed by atoms with Crippen LogP contribution in [0.1, 0.15) is 28.8 Å². The zero-order chi connectivity index (χ0) is 17.0. The van der Waals surface area contributed by atoms with Crippen molar-refractivity contribution in [3.8, 4) is 0 Å². The molecule has 1 heterocycles. The molecule has 0 saturated carbocycles. The molecule has 2 aromatic carbocycles. The minimum Gasteiger partial charge on any atom is -0.315 e. The van der Waals surface area contributed by atoms with Crippen molar-refractivity contribution in [1.82, 2.24) is 10.0 Å². The van der Waals surface area contributed by atoms with E-state index in [-0.39, 0.29) is 22.3 Å². The quantitative estimate of drug-likeness (QED) is 0.813. The van der Waals surface area contributed by atoms with Crippen LogP contribution >= 0.6 is 0 Å². The summed E-state index contributed by atoms with van der Waals surface area (Å²) in [6.07, 6.45) is 1.72. The van der Waals surface area contributed by atoms with Gasteiger partial charge in [-0.15, -0.1) is 0 Å². The van der Waals surface area contributed by atoms with E-state index in [0.29, 0.717) is 12.1 Å². The van der Waals surface area contributed by atoms with E-state index in [2.05, 4.69) is 10.0 Å². The smallest absolute Gasteiger partial charge is 0.241 e. The maximum atomic E-state index is 12.8. The molecule has 1 unspecified atom stereocenters. The fraction of sp³-hybridized carbons (Fsp3) is 0.278. The Kier molecular flexibility index (Phi) is 5.08. The average molecular weight is 344 g/mol. The lowest BCUT2D eigenvalue weighted by Gasteiger charge is -2.24. The summed E-state index contributed by atoms with van der Waals surface area (Å²) >= 11 is 0. The Balaban J connectivity index is 1.92. The summed E-state index contributed by atoms with van der Waals surface area (Å²) in [5.74, 6) is -0.293. The van der Waals surface area contributed by atoms with Crippen molar-refractivity contribution >= 4 is 15.8 Å². The van der Waals surface area contributed by atoms with E-state index >= 15 is 0 Å². The molecule has 2 N–H and O–H groups in total. The van der Waals surface area contributed by atoms with Crippen molar-refractivity contribution in [3.63, 3.8) is 0 Å². The molecule has 24 heavy (non-hydrogen) atoms. The van der Waals surface area contributed by atoms with Crippen LogP contribution in [0.25, 0.3) is 0 Å². The summed E-state index contributed by atoms with van der Waals surface area (Å²) in [4.78, 5) is 12.7. The van der Waals surface area contributed by atoms with Gasteiger partial charge in [0.15, 0.2) is 5.78 Å². The van der Waals surface area contributed by atoms with Crippen molar-refractivity contribution in [2.75, 3.05) is 13.1 Å². The summed E-state index contributed by atoms with van der Waals surface area (Å²) in [5, 5.41) is 3.18. The van der Waals surface area contributed by atoms with E-state index in [4.69, 9.17) is 0 Å². The molecule has 6 heteroatoms. The Bertz CT molecular complexity index is 813. The predicted octanol–water partition coefficient (Wildman–Crippen LogP) is 1.95. The van der Waals surface area contributed by atoms with Crippen LogP contribution in [0.2, 0.25) is 0 Å². The van der Waals surface area contributed by atoms with Gasteiger partial charge in [0.1, 0.15) is 0 Å². The number of hydrogen-bond acceptors (Lipinski definition) is 4. The molecule has 0 spiro atoms. The summed E-state index contributed by atoms with van der Waals surface area (Å²) in [6, 6.07) is 14.9. The van der Waals surface area contributed by atoms with E-state index in [9.17, 15) is 13.2 Å². The standard InChI is InChI=1S/C18H20N2O3S/c21-18(14-7-2-1-3-8-14)16-10-4-5-11-17(16)24(22,23)20-15-9-6-12-19-13-15/h1-5,7-8,10-11,15,19-20H,6,9,12-13H2. The average Bonchev–Trinajstić information content (AvgIpc) is 2.62. The highest BCUT2D eigenvalue weighted by molar-refractivity contribution is 7.89. The summed E-state index contributed by atoms with van der Waals surface area (Å²) < 4.78 is 28.2. The van der Waals surface area contributed by atoms with Crippen molar-refractivity contribution in [3.05, 3.63) is 65.7 Å². The molecule has 1 aliphatic rings. The Labute approximate surface area is 142 Å². The fourth-order valence-electron chi connectivity index (χ4n) is 2.87. The van der Waals surface area contributed by atoms with Gasteiger partial charge in [0.2, 0.25) is 10.0 Å². The molecule has 0 aliphatic carbocycles. The van der Waals surface area contributed by atoms with Crippen LogP contribution in [0.15, 0.2) is 59.5 Å². The molecule has 3 rings (SSSR count). The summed E-state index contributed by atoms with van der Waals surface area (Å²) in [6.45, 7) is 1.51. The van der Waals surface area contributed by atoms with E-state index in [1.165, 1.54) is 6.07 Å². The third-order valence-corrected chi connectivity index (χ3v) is 5.65. The zero-order valence-electron chi connectivity index (χ0n) is 13.2. The van der Waals surface area contributed by atoms with Crippen molar-refractivity contribution in [2.24, 2.45) is 0 Å². The number of piperidine rings is 1. The minimum atomic E-state index is -3.75. The number of nitrogens with one attached hydrogen (secondary N) is 2. The van der Waals surface area contributed by atoms with Crippen LogP contribution in [0.5, 0.6) is 0 Å².